The minimum atomic E-state index is -0.765. The van der Waals surface area contributed by atoms with E-state index in [2.05, 4.69) is 82.6 Å². The molecule has 0 amide bonds. The van der Waals surface area contributed by atoms with Crippen LogP contribution in [0.2, 0.25) is 0 Å². The van der Waals surface area contributed by atoms with Crippen molar-refractivity contribution in [1.29, 1.82) is 0 Å². The molecule has 3 fully saturated rings. The first kappa shape index (κ1) is 31.4. The fourth-order valence-corrected chi connectivity index (χ4v) is 10.2. The summed E-state index contributed by atoms with van der Waals surface area (Å²) in [7, 11) is 1.77. The zero-order chi connectivity index (χ0) is 31.8. The molecule has 1 saturated heterocycles. The molecule has 3 aromatic carbocycles. The zero-order valence-corrected chi connectivity index (χ0v) is 28.4. The minimum absolute atomic E-state index is 0.0491. The number of ether oxygens (including phenoxy) is 2. The summed E-state index contributed by atoms with van der Waals surface area (Å²) in [4.78, 5) is 5.47. The lowest BCUT2D eigenvalue weighted by Gasteiger charge is -2.65. The average molecular weight is 635 g/mol. The second-order valence-electron chi connectivity index (χ2n) is 15.4. The third-order valence-corrected chi connectivity index (χ3v) is 12.7. The molecule has 1 N–H and O–H groups in total. The molecule has 2 aliphatic heterocycles. The van der Waals surface area contributed by atoms with E-state index >= 15 is 0 Å². The van der Waals surface area contributed by atoms with Gasteiger partial charge >= 0.3 is 0 Å². The SMILES string of the molecule is COc1ccc2c3c1O[C@H]1[C@H](N(CCCCCCc4ccccc4)CCCc4ccccc4)CC[C@@]4(O)[C@@H](C2)N(CC2CC2)CC[C@]314. The minimum Gasteiger partial charge on any atom is -0.493 e. The van der Waals surface area contributed by atoms with Crippen molar-refractivity contribution < 1.29 is 14.6 Å². The van der Waals surface area contributed by atoms with Crippen molar-refractivity contribution in [2.24, 2.45) is 5.92 Å². The normalized spacial score (nSPS) is 29.0. The fourth-order valence-electron chi connectivity index (χ4n) is 10.2. The number of aryl methyl sites for hydroxylation is 2. The lowest BCUT2D eigenvalue weighted by atomic mass is 9.48. The first-order valence-corrected chi connectivity index (χ1v) is 18.8. The Labute approximate surface area is 282 Å². The summed E-state index contributed by atoms with van der Waals surface area (Å²) in [6, 6.07) is 26.7. The second kappa shape index (κ2) is 13.2. The molecule has 1 spiro atoms. The lowest BCUT2D eigenvalue weighted by Crippen LogP contribution is -2.78. The molecule has 250 valence electrons. The molecule has 8 rings (SSSR count). The maximum absolute atomic E-state index is 13.1. The highest BCUT2D eigenvalue weighted by Crippen LogP contribution is 2.66. The topological polar surface area (TPSA) is 45.2 Å². The van der Waals surface area contributed by atoms with Crippen LogP contribution in [0.4, 0.5) is 0 Å². The predicted molar refractivity (Wildman–Crippen MR) is 188 cm³/mol. The van der Waals surface area contributed by atoms with Gasteiger partial charge < -0.3 is 14.6 Å². The number of hydrogen-bond acceptors (Lipinski definition) is 5. The Hall–Kier alpha value is -2.86. The molecule has 5 atom stereocenters. The third kappa shape index (κ3) is 5.70. The maximum Gasteiger partial charge on any atom is 0.165 e. The van der Waals surface area contributed by atoms with Gasteiger partial charge in [-0.3, -0.25) is 9.80 Å². The van der Waals surface area contributed by atoms with Crippen LogP contribution in [0.25, 0.3) is 0 Å². The summed E-state index contributed by atoms with van der Waals surface area (Å²) in [6.07, 6.45) is 14.8. The molecule has 47 heavy (non-hydrogen) atoms. The number of methoxy groups -OCH3 is 1. The molecule has 2 bridgehead atoms. The molecular weight excluding hydrogens is 580 g/mol. The van der Waals surface area contributed by atoms with Gasteiger partial charge in [0.25, 0.3) is 0 Å². The monoisotopic (exact) mass is 634 g/mol. The van der Waals surface area contributed by atoms with Gasteiger partial charge in [0, 0.05) is 24.2 Å². The molecular formula is C42H54N2O3. The van der Waals surface area contributed by atoms with Gasteiger partial charge in [0.15, 0.2) is 11.5 Å². The summed E-state index contributed by atoms with van der Waals surface area (Å²) in [6.45, 7) is 4.36. The molecule has 5 nitrogen and oxygen atoms in total. The van der Waals surface area contributed by atoms with E-state index in [9.17, 15) is 5.11 Å². The van der Waals surface area contributed by atoms with E-state index in [1.54, 1.807) is 7.11 Å². The van der Waals surface area contributed by atoms with Crippen LogP contribution in [0.15, 0.2) is 72.8 Å². The summed E-state index contributed by atoms with van der Waals surface area (Å²) in [5.41, 5.74) is 4.41. The van der Waals surface area contributed by atoms with E-state index in [0.717, 1.165) is 82.1 Å². The number of unbranched alkanes of at least 4 members (excludes halogenated alkanes) is 3. The van der Waals surface area contributed by atoms with Gasteiger partial charge in [-0.2, -0.15) is 0 Å². The highest BCUT2D eigenvalue weighted by molar-refractivity contribution is 5.63. The van der Waals surface area contributed by atoms with Gasteiger partial charge in [0.05, 0.1) is 18.1 Å². The average Bonchev–Trinajstić information content (AvgIpc) is 3.85. The highest BCUT2D eigenvalue weighted by Gasteiger charge is 2.73. The van der Waals surface area contributed by atoms with Crippen LogP contribution in [0, 0.1) is 5.92 Å². The Morgan fingerprint density at radius 3 is 2.26 bits per heavy atom. The highest BCUT2D eigenvalue weighted by atomic mass is 16.5. The summed E-state index contributed by atoms with van der Waals surface area (Å²) in [5, 5.41) is 13.1. The molecule has 5 aliphatic rings. The van der Waals surface area contributed by atoms with E-state index in [1.807, 2.05) is 0 Å². The van der Waals surface area contributed by atoms with Gasteiger partial charge in [-0.25, -0.2) is 0 Å². The van der Waals surface area contributed by atoms with Crippen LogP contribution in [0.5, 0.6) is 11.5 Å². The Bertz CT molecular complexity index is 1510. The fraction of sp³-hybridized carbons (Fsp3) is 0.571. The molecule has 3 aliphatic carbocycles. The van der Waals surface area contributed by atoms with Gasteiger partial charge in [-0.15, -0.1) is 0 Å². The van der Waals surface area contributed by atoms with E-state index in [0.29, 0.717) is 0 Å². The number of piperidine rings is 1. The number of hydrogen-bond donors (Lipinski definition) is 1. The van der Waals surface area contributed by atoms with Crippen molar-refractivity contribution in [2.75, 3.05) is 33.3 Å². The van der Waals surface area contributed by atoms with Crippen molar-refractivity contribution in [3.05, 3.63) is 95.1 Å². The third-order valence-electron chi connectivity index (χ3n) is 12.7. The molecule has 2 heterocycles. The molecule has 0 aromatic heterocycles. The van der Waals surface area contributed by atoms with Crippen LogP contribution in [0.1, 0.15) is 86.5 Å². The number of likely N-dealkylation sites (tertiary alicyclic amines) is 1. The first-order valence-electron chi connectivity index (χ1n) is 18.8. The Kier molecular flexibility index (Phi) is 8.83. The van der Waals surface area contributed by atoms with E-state index in [-0.39, 0.29) is 23.6 Å². The van der Waals surface area contributed by atoms with Gasteiger partial charge in [-0.05, 0) is 119 Å². The smallest absolute Gasteiger partial charge is 0.165 e. The predicted octanol–water partition coefficient (Wildman–Crippen LogP) is 7.37. The van der Waals surface area contributed by atoms with Gasteiger partial charge in [0.2, 0.25) is 0 Å². The zero-order valence-electron chi connectivity index (χ0n) is 28.4. The molecule has 3 aromatic rings. The largest absolute Gasteiger partial charge is 0.493 e. The number of aliphatic hydroxyl groups is 1. The first-order chi connectivity index (χ1) is 23.1. The Morgan fingerprint density at radius 1 is 0.830 bits per heavy atom. The standard InChI is InChI=1S/C42H54N2O3/c1-46-36-22-21-34-29-37-42(45)24-23-35(40-41(42,38(34)39(36)47-40)25-28-44(37)30-33-19-20-33)43(27-12-18-32-16-9-5-10-17-32)26-11-3-2-6-13-31-14-7-4-8-15-31/h4-5,7-10,14-17,21-22,33,35,37,40,45H,2-3,6,11-13,18-20,23-30H2,1H3/t35-,37-,40+,41+,42-/m1/s1. The van der Waals surface area contributed by atoms with Crippen molar-refractivity contribution in [3.63, 3.8) is 0 Å². The van der Waals surface area contributed by atoms with Crippen molar-refractivity contribution >= 4 is 0 Å². The maximum atomic E-state index is 13.1. The van der Waals surface area contributed by atoms with Crippen molar-refractivity contribution in [1.82, 2.24) is 9.80 Å². The van der Waals surface area contributed by atoms with Crippen molar-refractivity contribution in [3.8, 4) is 11.5 Å². The molecule has 0 unspecified atom stereocenters. The lowest BCUT2D eigenvalue weighted by molar-refractivity contribution is -0.200. The van der Waals surface area contributed by atoms with Crippen molar-refractivity contribution in [2.45, 2.75) is 113 Å². The van der Waals surface area contributed by atoms with Crippen LogP contribution in [-0.2, 0) is 24.7 Å². The van der Waals surface area contributed by atoms with Crippen LogP contribution in [-0.4, -0.2) is 72.0 Å². The molecule has 0 radical (unpaired) electrons. The number of nitrogens with zero attached hydrogens (tertiary/aromatic N) is 2. The summed E-state index contributed by atoms with van der Waals surface area (Å²) >= 11 is 0. The summed E-state index contributed by atoms with van der Waals surface area (Å²) in [5.74, 6) is 2.58. The molecule has 2 saturated carbocycles. The number of rotatable bonds is 15. The van der Waals surface area contributed by atoms with E-state index < -0.39 is 5.60 Å². The van der Waals surface area contributed by atoms with E-state index in [1.165, 1.54) is 67.2 Å². The van der Waals surface area contributed by atoms with Crippen LogP contribution in [0.3, 0.4) is 0 Å². The molecule has 5 heteroatoms. The van der Waals surface area contributed by atoms with Gasteiger partial charge in [-0.1, -0.05) is 79.6 Å². The summed E-state index contributed by atoms with van der Waals surface area (Å²) < 4.78 is 13.1. The second-order valence-corrected chi connectivity index (χ2v) is 15.4. The Balaban J connectivity index is 1.04. The van der Waals surface area contributed by atoms with Crippen LogP contribution < -0.4 is 9.47 Å². The quantitative estimate of drug-likeness (QED) is 0.177. The van der Waals surface area contributed by atoms with E-state index in [4.69, 9.17) is 9.47 Å². The number of benzene rings is 3. The van der Waals surface area contributed by atoms with Gasteiger partial charge in [0.1, 0.15) is 6.10 Å². The van der Waals surface area contributed by atoms with Crippen LogP contribution >= 0.6 is 0 Å². The Morgan fingerprint density at radius 2 is 1.53 bits per heavy atom.